The standard InChI is InChI=1S/C19H28O4/c1-6-14(3)23-18(21)16-10-8-15(9-11-16)17(20)22-13-12-19(4,5)7-2/h8-11,14H,6-7,12-13H2,1-5H3. The summed E-state index contributed by atoms with van der Waals surface area (Å²) in [4.78, 5) is 23.9. The van der Waals surface area contributed by atoms with Crippen LogP contribution in [0.15, 0.2) is 24.3 Å². The van der Waals surface area contributed by atoms with Crippen molar-refractivity contribution in [1.29, 1.82) is 0 Å². The van der Waals surface area contributed by atoms with Gasteiger partial charge in [-0.15, -0.1) is 0 Å². The second kappa shape index (κ2) is 8.70. The van der Waals surface area contributed by atoms with Gasteiger partial charge in [0.1, 0.15) is 0 Å². The van der Waals surface area contributed by atoms with E-state index >= 15 is 0 Å². The number of benzene rings is 1. The fourth-order valence-corrected chi connectivity index (χ4v) is 1.76. The molecule has 0 spiro atoms. The summed E-state index contributed by atoms with van der Waals surface area (Å²) in [5, 5.41) is 0. The molecule has 23 heavy (non-hydrogen) atoms. The Kier molecular flexibility index (Phi) is 7.27. The summed E-state index contributed by atoms with van der Waals surface area (Å²) in [7, 11) is 0. The number of ether oxygens (including phenoxy) is 2. The summed E-state index contributed by atoms with van der Waals surface area (Å²) in [6, 6.07) is 6.38. The van der Waals surface area contributed by atoms with Crippen LogP contribution < -0.4 is 0 Å². The zero-order valence-corrected chi connectivity index (χ0v) is 14.8. The van der Waals surface area contributed by atoms with E-state index < -0.39 is 0 Å². The molecule has 0 radical (unpaired) electrons. The van der Waals surface area contributed by atoms with Crippen molar-refractivity contribution in [3.63, 3.8) is 0 Å². The third-order valence-electron chi connectivity index (χ3n) is 4.21. The molecule has 128 valence electrons. The summed E-state index contributed by atoms with van der Waals surface area (Å²) in [6.45, 7) is 10.6. The highest BCUT2D eigenvalue weighted by molar-refractivity contribution is 5.93. The van der Waals surface area contributed by atoms with Gasteiger partial charge >= 0.3 is 11.9 Å². The normalized spacial score (nSPS) is 12.6. The average Bonchev–Trinajstić information content (AvgIpc) is 2.54. The SMILES string of the molecule is CCC(C)OC(=O)c1ccc(C(=O)OCCC(C)(C)CC)cc1. The van der Waals surface area contributed by atoms with Gasteiger partial charge in [0, 0.05) is 0 Å². The van der Waals surface area contributed by atoms with Crippen LogP contribution in [0.3, 0.4) is 0 Å². The van der Waals surface area contributed by atoms with Gasteiger partial charge in [-0.2, -0.15) is 0 Å². The third-order valence-corrected chi connectivity index (χ3v) is 4.21. The maximum absolute atomic E-state index is 12.0. The number of hydrogen-bond acceptors (Lipinski definition) is 4. The van der Waals surface area contributed by atoms with Crippen LogP contribution in [0.25, 0.3) is 0 Å². The zero-order chi connectivity index (χ0) is 17.5. The third kappa shape index (κ3) is 6.43. The van der Waals surface area contributed by atoms with Gasteiger partial charge in [0.05, 0.1) is 23.8 Å². The number of esters is 2. The van der Waals surface area contributed by atoms with Crippen LogP contribution >= 0.6 is 0 Å². The first-order valence-electron chi connectivity index (χ1n) is 8.27. The molecule has 1 rings (SSSR count). The van der Waals surface area contributed by atoms with E-state index in [9.17, 15) is 9.59 Å². The number of hydrogen-bond donors (Lipinski definition) is 0. The summed E-state index contributed by atoms with van der Waals surface area (Å²) in [6.07, 6.45) is 2.52. The molecular formula is C19H28O4. The van der Waals surface area contributed by atoms with Crippen molar-refractivity contribution in [3.8, 4) is 0 Å². The van der Waals surface area contributed by atoms with Crippen LogP contribution in [-0.4, -0.2) is 24.6 Å². The maximum Gasteiger partial charge on any atom is 0.338 e. The largest absolute Gasteiger partial charge is 0.462 e. The van der Waals surface area contributed by atoms with Gasteiger partial charge in [-0.25, -0.2) is 9.59 Å². The molecule has 1 aromatic carbocycles. The van der Waals surface area contributed by atoms with Gasteiger partial charge in [0.2, 0.25) is 0 Å². The Morgan fingerprint density at radius 1 is 1.04 bits per heavy atom. The summed E-state index contributed by atoms with van der Waals surface area (Å²) < 4.78 is 10.5. The number of carbonyl (C=O) groups is 2. The minimum absolute atomic E-state index is 0.117. The van der Waals surface area contributed by atoms with E-state index in [0.29, 0.717) is 17.7 Å². The van der Waals surface area contributed by atoms with Crippen molar-refractivity contribution in [2.24, 2.45) is 5.41 Å². The molecule has 0 aliphatic rings. The molecule has 1 unspecified atom stereocenters. The summed E-state index contributed by atoms with van der Waals surface area (Å²) in [5.41, 5.74) is 1.05. The molecule has 0 saturated heterocycles. The predicted octanol–water partition coefficient (Wildman–Crippen LogP) is 4.63. The van der Waals surface area contributed by atoms with E-state index in [2.05, 4.69) is 20.8 Å². The molecule has 4 nitrogen and oxygen atoms in total. The Morgan fingerprint density at radius 3 is 2.04 bits per heavy atom. The first-order valence-corrected chi connectivity index (χ1v) is 8.27. The van der Waals surface area contributed by atoms with E-state index in [1.54, 1.807) is 24.3 Å². The predicted molar refractivity (Wildman–Crippen MR) is 90.6 cm³/mol. The minimum Gasteiger partial charge on any atom is -0.462 e. The fourth-order valence-electron chi connectivity index (χ4n) is 1.76. The van der Waals surface area contributed by atoms with Crippen LogP contribution in [0.2, 0.25) is 0 Å². The van der Waals surface area contributed by atoms with Crippen LogP contribution in [0, 0.1) is 5.41 Å². The highest BCUT2D eigenvalue weighted by Gasteiger charge is 2.17. The molecule has 0 amide bonds. The Hall–Kier alpha value is -1.84. The molecule has 1 atom stereocenters. The van der Waals surface area contributed by atoms with Crippen LogP contribution in [0.5, 0.6) is 0 Å². The molecule has 0 aliphatic carbocycles. The Bertz CT molecular complexity index is 517. The van der Waals surface area contributed by atoms with Crippen molar-refractivity contribution >= 4 is 11.9 Å². The van der Waals surface area contributed by atoms with Crippen LogP contribution in [0.1, 0.15) is 74.6 Å². The van der Waals surface area contributed by atoms with E-state index in [1.165, 1.54) is 0 Å². The molecule has 0 aliphatic heterocycles. The average molecular weight is 320 g/mol. The lowest BCUT2D eigenvalue weighted by Crippen LogP contribution is -2.16. The van der Waals surface area contributed by atoms with E-state index in [1.807, 2.05) is 13.8 Å². The lowest BCUT2D eigenvalue weighted by molar-refractivity contribution is 0.0332. The lowest BCUT2D eigenvalue weighted by atomic mass is 9.87. The van der Waals surface area contributed by atoms with Gasteiger partial charge in [-0.1, -0.05) is 34.1 Å². The van der Waals surface area contributed by atoms with Crippen molar-refractivity contribution in [2.75, 3.05) is 6.61 Å². The second-order valence-corrected chi connectivity index (χ2v) is 6.61. The Balaban J connectivity index is 2.55. The molecule has 1 aromatic rings. The Morgan fingerprint density at radius 2 is 1.57 bits per heavy atom. The number of rotatable bonds is 8. The van der Waals surface area contributed by atoms with E-state index in [-0.39, 0.29) is 23.5 Å². The van der Waals surface area contributed by atoms with Crippen LogP contribution in [-0.2, 0) is 9.47 Å². The molecule has 0 saturated carbocycles. The van der Waals surface area contributed by atoms with E-state index in [4.69, 9.17) is 9.47 Å². The van der Waals surface area contributed by atoms with Crippen molar-refractivity contribution < 1.29 is 19.1 Å². The molecule has 0 N–H and O–H groups in total. The second-order valence-electron chi connectivity index (χ2n) is 6.61. The quantitative estimate of drug-likeness (QED) is 0.656. The summed E-state index contributed by atoms with van der Waals surface area (Å²) in [5.74, 6) is -0.734. The Labute approximate surface area is 139 Å². The molecule has 0 heterocycles. The van der Waals surface area contributed by atoms with Crippen molar-refractivity contribution in [1.82, 2.24) is 0 Å². The lowest BCUT2D eigenvalue weighted by Gasteiger charge is -2.21. The highest BCUT2D eigenvalue weighted by Crippen LogP contribution is 2.24. The molecule has 0 bridgehead atoms. The molecule has 0 aromatic heterocycles. The van der Waals surface area contributed by atoms with Gasteiger partial charge in [-0.05, 0) is 49.4 Å². The molecular weight excluding hydrogens is 292 g/mol. The van der Waals surface area contributed by atoms with Crippen molar-refractivity contribution in [3.05, 3.63) is 35.4 Å². The first-order chi connectivity index (χ1) is 10.8. The molecule has 4 heteroatoms. The smallest absolute Gasteiger partial charge is 0.338 e. The maximum atomic E-state index is 12.0. The topological polar surface area (TPSA) is 52.6 Å². The highest BCUT2D eigenvalue weighted by atomic mass is 16.5. The van der Waals surface area contributed by atoms with Gasteiger partial charge in [0.15, 0.2) is 0 Å². The van der Waals surface area contributed by atoms with Gasteiger partial charge in [0.25, 0.3) is 0 Å². The fraction of sp³-hybridized carbons (Fsp3) is 0.579. The van der Waals surface area contributed by atoms with E-state index in [0.717, 1.165) is 19.3 Å². The monoisotopic (exact) mass is 320 g/mol. The van der Waals surface area contributed by atoms with Gasteiger partial charge < -0.3 is 9.47 Å². The van der Waals surface area contributed by atoms with Crippen LogP contribution in [0.4, 0.5) is 0 Å². The van der Waals surface area contributed by atoms with Gasteiger partial charge in [-0.3, -0.25) is 0 Å². The molecule has 0 fully saturated rings. The summed E-state index contributed by atoms with van der Waals surface area (Å²) >= 11 is 0. The minimum atomic E-state index is -0.371. The number of carbonyl (C=O) groups excluding carboxylic acids is 2. The van der Waals surface area contributed by atoms with Crippen molar-refractivity contribution in [2.45, 2.75) is 60.0 Å². The first kappa shape index (κ1) is 19.2. The zero-order valence-electron chi connectivity index (χ0n) is 14.8.